The van der Waals surface area contributed by atoms with Crippen molar-refractivity contribution in [3.63, 3.8) is 0 Å². The highest BCUT2D eigenvalue weighted by atomic mass is 16.6. The van der Waals surface area contributed by atoms with Gasteiger partial charge in [-0.25, -0.2) is 9.59 Å². The van der Waals surface area contributed by atoms with Gasteiger partial charge in [-0.3, -0.25) is 0 Å². The molecule has 22 heavy (non-hydrogen) atoms. The molecule has 0 atom stereocenters. The molecule has 0 spiro atoms. The SMILES string of the molecule is C=C(C(=O)OCCCCOCC)C(=O)OCCCCOCC. The lowest BCUT2D eigenvalue weighted by Gasteiger charge is -2.08. The highest BCUT2D eigenvalue weighted by Crippen LogP contribution is 2.02. The summed E-state index contributed by atoms with van der Waals surface area (Å²) in [4.78, 5) is 23.1. The first-order chi connectivity index (χ1) is 10.6. The van der Waals surface area contributed by atoms with Crippen molar-refractivity contribution in [2.75, 3.05) is 39.6 Å². The normalized spacial score (nSPS) is 10.3. The molecule has 6 nitrogen and oxygen atoms in total. The van der Waals surface area contributed by atoms with Crippen LogP contribution in [0.25, 0.3) is 0 Å². The van der Waals surface area contributed by atoms with Crippen LogP contribution in [0.3, 0.4) is 0 Å². The number of ether oxygens (including phenoxy) is 4. The predicted molar refractivity (Wildman–Crippen MR) is 82.5 cm³/mol. The molecule has 0 aromatic heterocycles. The second kappa shape index (κ2) is 14.5. The smallest absolute Gasteiger partial charge is 0.344 e. The number of carbonyl (C=O) groups excluding carboxylic acids is 2. The molecule has 0 fully saturated rings. The van der Waals surface area contributed by atoms with Crippen molar-refractivity contribution in [3.05, 3.63) is 12.2 Å². The van der Waals surface area contributed by atoms with E-state index < -0.39 is 11.9 Å². The fourth-order valence-corrected chi connectivity index (χ4v) is 1.49. The van der Waals surface area contributed by atoms with Gasteiger partial charge in [-0.1, -0.05) is 6.58 Å². The Morgan fingerprint density at radius 1 is 0.727 bits per heavy atom. The van der Waals surface area contributed by atoms with Crippen molar-refractivity contribution in [2.24, 2.45) is 0 Å². The van der Waals surface area contributed by atoms with Crippen LogP contribution in [0.5, 0.6) is 0 Å². The molecule has 0 aliphatic rings. The van der Waals surface area contributed by atoms with Crippen LogP contribution < -0.4 is 0 Å². The molecule has 0 unspecified atom stereocenters. The maximum atomic E-state index is 11.6. The molecule has 0 N–H and O–H groups in total. The van der Waals surface area contributed by atoms with Gasteiger partial charge in [-0.05, 0) is 39.5 Å². The van der Waals surface area contributed by atoms with Crippen LogP contribution in [0.4, 0.5) is 0 Å². The summed E-state index contributed by atoms with van der Waals surface area (Å²) >= 11 is 0. The summed E-state index contributed by atoms with van der Waals surface area (Å²) in [5, 5.41) is 0. The van der Waals surface area contributed by atoms with Crippen molar-refractivity contribution < 1.29 is 28.5 Å². The van der Waals surface area contributed by atoms with Crippen LogP contribution in [-0.2, 0) is 28.5 Å². The van der Waals surface area contributed by atoms with Crippen LogP contribution in [0.15, 0.2) is 12.2 Å². The van der Waals surface area contributed by atoms with Gasteiger partial charge in [0.1, 0.15) is 5.57 Å². The Balaban J connectivity index is 3.65. The Morgan fingerprint density at radius 2 is 1.09 bits per heavy atom. The minimum Gasteiger partial charge on any atom is -0.462 e. The molecule has 0 aliphatic heterocycles. The third-order valence-corrected chi connectivity index (χ3v) is 2.73. The molecule has 0 bridgehead atoms. The highest BCUT2D eigenvalue weighted by molar-refractivity contribution is 6.13. The van der Waals surface area contributed by atoms with E-state index in [0.29, 0.717) is 39.3 Å². The van der Waals surface area contributed by atoms with Crippen molar-refractivity contribution in [3.8, 4) is 0 Å². The third-order valence-electron chi connectivity index (χ3n) is 2.73. The van der Waals surface area contributed by atoms with Gasteiger partial charge in [-0.15, -0.1) is 0 Å². The zero-order valence-corrected chi connectivity index (χ0v) is 13.7. The largest absolute Gasteiger partial charge is 0.462 e. The van der Waals surface area contributed by atoms with Gasteiger partial charge in [0.05, 0.1) is 13.2 Å². The fraction of sp³-hybridized carbons (Fsp3) is 0.750. The average molecular weight is 316 g/mol. The molecule has 0 amide bonds. The monoisotopic (exact) mass is 316 g/mol. The summed E-state index contributed by atoms with van der Waals surface area (Å²) in [6.45, 7) is 10.4. The first kappa shape index (κ1) is 20.6. The Bertz CT molecular complexity index is 297. The second-order valence-corrected chi connectivity index (χ2v) is 4.56. The molecule has 0 saturated carbocycles. The number of carbonyl (C=O) groups is 2. The lowest BCUT2D eigenvalue weighted by molar-refractivity contribution is -0.147. The van der Waals surface area contributed by atoms with Gasteiger partial charge < -0.3 is 18.9 Å². The number of hydrogen-bond acceptors (Lipinski definition) is 6. The first-order valence-corrected chi connectivity index (χ1v) is 7.82. The second-order valence-electron chi connectivity index (χ2n) is 4.56. The molecule has 0 aliphatic carbocycles. The number of unbranched alkanes of at least 4 members (excludes halogenated alkanes) is 2. The summed E-state index contributed by atoms with van der Waals surface area (Å²) in [7, 11) is 0. The minimum absolute atomic E-state index is 0.243. The van der Waals surface area contributed by atoms with E-state index in [9.17, 15) is 9.59 Å². The maximum absolute atomic E-state index is 11.6. The highest BCUT2D eigenvalue weighted by Gasteiger charge is 2.18. The van der Waals surface area contributed by atoms with Gasteiger partial charge in [0, 0.05) is 26.4 Å². The zero-order valence-electron chi connectivity index (χ0n) is 13.7. The van der Waals surface area contributed by atoms with E-state index in [1.165, 1.54) is 0 Å². The van der Waals surface area contributed by atoms with Gasteiger partial charge in [0.2, 0.25) is 0 Å². The van der Waals surface area contributed by atoms with Crippen LogP contribution in [0, 0.1) is 0 Å². The molecule has 0 aromatic rings. The molecular formula is C16H28O6. The van der Waals surface area contributed by atoms with E-state index in [0.717, 1.165) is 12.8 Å². The van der Waals surface area contributed by atoms with Crippen molar-refractivity contribution >= 4 is 11.9 Å². The van der Waals surface area contributed by atoms with Gasteiger partial charge in [0.25, 0.3) is 0 Å². The molecular weight excluding hydrogens is 288 g/mol. The van der Waals surface area contributed by atoms with Crippen molar-refractivity contribution in [2.45, 2.75) is 39.5 Å². The van der Waals surface area contributed by atoms with Gasteiger partial charge >= 0.3 is 11.9 Å². The van der Waals surface area contributed by atoms with Crippen molar-refractivity contribution in [1.82, 2.24) is 0 Å². The maximum Gasteiger partial charge on any atom is 0.344 e. The molecule has 6 heteroatoms. The third kappa shape index (κ3) is 11.3. The zero-order chi connectivity index (χ0) is 16.6. The Labute approximate surface area is 132 Å². The first-order valence-electron chi connectivity index (χ1n) is 7.82. The summed E-state index contributed by atoms with van der Waals surface area (Å²) in [5.41, 5.74) is -0.269. The Hall–Kier alpha value is -1.40. The summed E-state index contributed by atoms with van der Waals surface area (Å²) < 4.78 is 20.2. The molecule has 128 valence electrons. The quantitative estimate of drug-likeness (QED) is 0.161. The number of rotatable bonds is 14. The van der Waals surface area contributed by atoms with Crippen molar-refractivity contribution in [1.29, 1.82) is 0 Å². The van der Waals surface area contributed by atoms with Crippen LogP contribution in [-0.4, -0.2) is 51.6 Å². The molecule has 0 heterocycles. The summed E-state index contributed by atoms with van der Waals surface area (Å²) in [6.07, 6.45) is 2.98. The van der Waals surface area contributed by atoms with Crippen LogP contribution in [0.2, 0.25) is 0 Å². The Kier molecular flexibility index (Phi) is 13.6. The Morgan fingerprint density at radius 3 is 1.45 bits per heavy atom. The topological polar surface area (TPSA) is 71.1 Å². The molecule has 0 saturated heterocycles. The van der Waals surface area contributed by atoms with E-state index in [-0.39, 0.29) is 18.8 Å². The number of esters is 2. The van der Waals surface area contributed by atoms with Gasteiger partial charge in [0.15, 0.2) is 0 Å². The van der Waals surface area contributed by atoms with Crippen LogP contribution in [0.1, 0.15) is 39.5 Å². The molecule has 0 rings (SSSR count). The van der Waals surface area contributed by atoms with Gasteiger partial charge in [-0.2, -0.15) is 0 Å². The van der Waals surface area contributed by atoms with E-state index in [2.05, 4.69) is 6.58 Å². The summed E-state index contributed by atoms with van der Waals surface area (Å²) in [5.74, 6) is -1.45. The average Bonchev–Trinajstić information content (AvgIpc) is 2.52. The van der Waals surface area contributed by atoms with E-state index in [4.69, 9.17) is 18.9 Å². The lowest BCUT2D eigenvalue weighted by Crippen LogP contribution is -2.18. The molecule has 0 aromatic carbocycles. The standard InChI is InChI=1S/C16H28O6/c1-4-19-10-6-8-12-21-15(17)14(3)16(18)22-13-9-7-11-20-5-2/h3-13H2,1-2H3. The summed E-state index contributed by atoms with van der Waals surface area (Å²) in [6, 6.07) is 0. The van der Waals surface area contributed by atoms with E-state index in [1.807, 2.05) is 13.8 Å². The van der Waals surface area contributed by atoms with E-state index in [1.54, 1.807) is 0 Å². The van der Waals surface area contributed by atoms with E-state index >= 15 is 0 Å². The fourth-order valence-electron chi connectivity index (χ4n) is 1.49. The predicted octanol–water partition coefficient (Wildman–Crippen LogP) is 2.26. The number of hydrogen-bond donors (Lipinski definition) is 0. The lowest BCUT2D eigenvalue weighted by atomic mass is 10.3. The van der Waals surface area contributed by atoms with Crippen LogP contribution >= 0.6 is 0 Å². The minimum atomic E-state index is -0.726. The molecule has 0 radical (unpaired) electrons.